The number of hydrogen-bond donors (Lipinski definition) is 2. The molecule has 13 heavy (non-hydrogen) atoms. The van der Waals surface area contributed by atoms with E-state index in [1.165, 1.54) is 0 Å². The fourth-order valence-corrected chi connectivity index (χ4v) is 0. The molecule has 0 amide bonds. The maximum atomic E-state index is 10.9. The molecule has 0 aromatic carbocycles. The first-order chi connectivity index (χ1) is 5.59. The van der Waals surface area contributed by atoms with E-state index in [9.17, 15) is 22.0 Å². The summed E-state index contributed by atoms with van der Waals surface area (Å²) in [4.78, 5) is 0. The lowest BCUT2D eigenvalue weighted by molar-refractivity contribution is -0.197. The van der Waals surface area contributed by atoms with Crippen molar-refractivity contribution in [3.63, 3.8) is 0 Å². The van der Waals surface area contributed by atoms with Gasteiger partial charge in [0.15, 0.2) is 0 Å². The van der Waals surface area contributed by atoms with Gasteiger partial charge in [0.25, 0.3) is 6.43 Å². The van der Waals surface area contributed by atoms with Crippen molar-refractivity contribution in [2.75, 3.05) is 0 Å². The van der Waals surface area contributed by atoms with Gasteiger partial charge in [-0.15, -0.1) is 0 Å². The summed E-state index contributed by atoms with van der Waals surface area (Å²) in [6, 6.07) is 0. The first-order valence-corrected chi connectivity index (χ1v) is 3.30. The van der Waals surface area contributed by atoms with E-state index < -0.39 is 24.8 Å². The van der Waals surface area contributed by atoms with Gasteiger partial charge in [-0.2, -0.15) is 13.2 Å². The van der Waals surface area contributed by atoms with Crippen LogP contribution in [0.5, 0.6) is 0 Å². The van der Waals surface area contributed by atoms with Gasteiger partial charge in [-0.1, -0.05) is 0 Å². The average molecular weight is 210 g/mol. The Labute approximate surface area is 72.0 Å². The van der Waals surface area contributed by atoms with Gasteiger partial charge in [0.2, 0.25) is 0 Å². The van der Waals surface area contributed by atoms with Gasteiger partial charge >= 0.3 is 6.18 Å². The molecule has 7 heteroatoms. The molecule has 0 radical (unpaired) electrons. The van der Waals surface area contributed by atoms with E-state index in [2.05, 4.69) is 0 Å². The highest BCUT2D eigenvalue weighted by atomic mass is 19.4. The Kier molecular flexibility index (Phi) is 7.05. The normalized spacial score (nSPS) is 16.2. The molecule has 0 aliphatic rings. The molecule has 0 saturated carbocycles. The maximum Gasteiger partial charge on any atom is 0.414 e. The summed E-state index contributed by atoms with van der Waals surface area (Å²) in [5, 5.41) is 15.6. The second kappa shape index (κ2) is 6.09. The molecule has 0 aliphatic carbocycles. The van der Waals surface area contributed by atoms with Gasteiger partial charge in [-0.3, -0.25) is 0 Å². The lowest BCUT2D eigenvalue weighted by Crippen LogP contribution is -2.24. The van der Waals surface area contributed by atoms with Crippen LogP contribution in [-0.4, -0.2) is 35.0 Å². The highest BCUT2D eigenvalue weighted by molar-refractivity contribution is 4.55. The third kappa shape index (κ3) is 11.6. The van der Waals surface area contributed by atoms with Crippen LogP contribution in [0, 0.1) is 0 Å². The van der Waals surface area contributed by atoms with Crippen molar-refractivity contribution in [1.29, 1.82) is 0 Å². The molecule has 2 N–H and O–H groups in total. The van der Waals surface area contributed by atoms with Gasteiger partial charge in [0, 0.05) is 0 Å². The van der Waals surface area contributed by atoms with Crippen LogP contribution < -0.4 is 0 Å². The molecule has 0 aromatic rings. The zero-order valence-electron chi connectivity index (χ0n) is 7.02. The van der Waals surface area contributed by atoms with E-state index in [0.29, 0.717) is 6.92 Å². The number of aliphatic hydroxyl groups is 2. The monoisotopic (exact) mass is 210 g/mol. The Morgan fingerprint density at radius 2 is 1.15 bits per heavy atom. The minimum atomic E-state index is -4.44. The first kappa shape index (κ1) is 15.1. The fraction of sp³-hybridized carbons (Fsp3) is 1.00. The molecule has 0 spiro atoms. The van der Waals surface area contributed by atoms with Gasteiger partial charge in [-0.25, -0.2) is 8.78 Å². The second-order valence-corrected chi connectivity index (χ2v) is 2.29. The van der Waals surface area contributed by atoms with Crippen molar-refractivity contribution in [3.8, 4) is 0 Å². The van der Waals surface area contributed by atoms with Crippen molar-refractivity contribution in [3.05, 3.63) is 0 Å². The van der Waals surface area contributed by atoms with Crippen molar-refractivity contribution in [1.82, 2.24) is 0 Å². The van der Waals surface area contributed by atoms with Crippen molar-refractivity contribution < 1.29 is 32.2 Å². The summed E-state index contributed by atoms with van der Waals surface area (Å²) < 4.78 is 54.6. The fourth-order valence-electron chi connectivity index (χ4n) is 0. The number of halogens is 5. The summed E-state index contributed by atoms with van der Waals surface area (Å²) in [7, 11) is 0. The van der Waals surface area contributed by atoms with Crippen LogP contribution in [0.3, 0.4) is 0 Å². The molecule has 0 rings (SSSR count). The SMILES string of the molecule is CC(O)C(F)(F)F.CC(O)C(F)F. The van der Waals surface area contributed by atoms with Crippen LogP contribution in [0.1, 0.15) is 13.8 Å². The highest BCUT2D eigenvalue weighted by Crippen LogP contribution is 2.18. The van der Waals surface area contributed by atoms with Gasteiger partial charge in [-0.05, 0) is 13.8 Å². The topological polar surface area (TPSA) is 40.5 Å². The van der Waals surface area contributed by atoms with Gasteiger partial charge < -0.3 is 10.2 Å². The van der Waals surface area contributed by atoms with Crippen molar-refractivity contribution in [2.45, 2.75) is 38.7 Å². The molecule has 0 bridgehead atoms. The lowest BCUT2D eigenvalue weighted by atomic mass is 10.4. The van der Waals surface area contributed by atoms with Crippen LogP contribution in [-0.2, 0) is 0 Å². The standard InChI is InChI=1S/C3H5F3O.C3H6F2O/c1-2(7)3(4,5)6;1-2(6)3(4)5/h2,7H,1H3;2-3,6H,1H3. The molecule has 82 valence electrons. The Hall–Kier alpha value is -0.430. The van der Waals surface area contributed by atoms with Crippen molar-refractivity contribution >= 4 is 0 Å². The van der Waals surface area contributed by atoms with Gasteiger partial charge in [0.05, 0.1) is 0 Å². The van der Waals surface area contributed by atoms with Crippen LogP contribution in [0.2, 0.25) is 0 Å². The largest absolute Gasteiger partial charge is 0.414 e. The number of hydrogen-bond acceptors (Lipinski definition) is 2. The van der Waals surface area contributed by atoms with Crippen molar-refractivity contribution in [2.24, 2.45) is 0 Å². The summed E-state index contributed by atoms with van der Waals surface area (Å²) in [5.74, 6) is 0. The molecule has 0 heterocycles. The zero-order valence-corrected chi connectivity index (χ0v) is 7.02. The molecule has 0 saturated heterocycles. The summed E-state index contributed by atoms with van der Waals surface area (Å²) >= 11 is 0. The third-order valence-electron chi connectivity index (χ3n) is 0.838. The third-order valence-corrected chi connectivity index (χ3v) is 0.838. The minimum Gasteiger partial charge on any atom is -0.387 e. The first-order valence-electron chi connectivity index (χ1n) is 3.30. The molecule has 0 fully saturated rings. The predicted octanol–water partition coefficient (Wildman–Crippen LogP) is 1.56. The van der Waals surface area contributed by atoms with E-state index in [1.54, 1.807) is 0 Å². The van der Waals surface area contributed by atoms with Crippen LogP contribution in [0.25, 0.3) is 0 Å². The Bertz CT molecular complexity index is 115. The van der Waals surface area contributed by atoms with E-state index in [1.807, 2.05) is 0 Å². The summed E-state index contributed by atoms with van der Waals surface area (Å²) in [6.45, 7) is 1.73. The second-order valence-electron chi connectivity index (χ2n) is 2.29. The molecule has 0 aliphatic heterocycles. The van der Waals surface area contributed by atoms with Gasteiger partial charge in [0.1, 0.15) is 12.2 Å². The Balaban J connectivity index is 0. The minimum absolute atomic E-state index is 0.681. The smallest absolute Gasteiger partial charge is 0.387 e. The number of aliphatic hydroxyl groups excluding tert-OH is 2. The number of rotatable bonds is 1. The van der Waals surface area contributed by atoms with E-state index in [-0.39, 0.29) is 0 Å². The Morgan fingerprint density at radius 1 is 1.00 bits per heavy atom. The predicted molar refractivity (Wildman–Crippen MR) is 35.4 cm³/mol. The molecule has 0 aromatic heterocycles. The lowest BCUT2D eigenvalue weighted by Gasteiger charge is -2.06. The van der Waals surface area contributed by atoms with Crippen LogP contribution >= 0.6 is 0 Å². The molecule has 2 nitrogen and oxygen atoms in total. The van der Waals surface area contributed by atoms with E-state index in [4.69, 9.17) is 10.2 Å². The summed E-state index contributed by atoms with van der Waals surface area (Å²) in [6.07, 6.45) is -10.7. The van der Waals surface area contributed by atoms with Crippen LogP contribution in [0.4, 0.5) is 22.0 Å². The maximum absolute atomic E-state index is 10.9. The molecule has 2 atom stereocenters. The Morgan fingerprint density at radius 3 is 1.15 bits per heavy atom. The molecular weight excluding hydrogens is 199 g/mol. The molecule has 2 unspecified atom stereocenters. The zero-order chi connectivity index (χ0) is 11.2. The quantitative estimate of drug-likeness (QED) is 0.645. The van der Waals surface area contributed by atoms with E-state index >= 15 is 0 Å². The molecular formula is C6H11F5O2. The summed E-state index contributed by atoms with van der Waals surface area (Å²) in [5.41, 5.74) is 0. The van der Waals surface area contributed by atoms with Crippen LogP contribution in [0.15, 0.2) is 0 Å². The average Bonchev–Trinajstić information content (AvgIpc) is 1.86. The van der Waals surface area contributed by atoms with E-state index in [0.717, 1.165) is 6.92 Å². The number of alkyl halides is 5. The highest BCUT2D eigenvalue weighted by Gasteiger charge is 2.33.